The number of rotatable bonds is 5. The van der Waals surface area contributed by atoms with Crippen LogP contribution in [0.4, 0.5) is 5.82 Å². The molecular weight excluding hydrogens is 284 g/mol. The zero-order valence-corrected chi connectivity index (χ0v) is 11.2. The zero-order chi connectivity index (χ0) is 13.9. The lowest BCUT2D eigenvalue weighted by Crippen LogP contribution is -2.11. The van der Waals surface area contributed by atoms with E-state index in [9.17, 15) is 0 Å². The molecule has 3 heterocycles. The summed E-state index contributed by atoms with van der Waals surface area (Å²) < 4.78 is 5.24. The van der Waals surface area contributed by atoms with Gasteiger partial charge in [-0.2, -0.15) is 20.4 Å². The van der Waals surface area contributed by atoms with Crippen molar-refractivity contribution >= 4 is 28.6 Å². The number of fused-ring (bicyclic) bond motifs is 1. The van der Waals surface area contributed by atoms with Crippen LogP contribution in [0.15, 0.2) is 22.8 Å². The number of imidazole rings is 1. The molecule has 8 nitrogen and oxygen atoms in total. The van der Waals surface area contributed by atoms with Crippen molar-refractivity contribution in [3.05, 3.63) is 29.4 Å². The lowest BCUT2D eigenvalue weighted by molar-refractivity contribution is 0.206. The van der Waals surface area contributed by atoms with Gasteiger partial charge in [0.15, 0.2) is 17.0 Å². The number of H-pyrrole nitrogens is 1. The smallest absolute Gasteiger partial charge is 0.315 e. The summed E-state index contributed by atoms with van der Waals surface area (Å²) >= 11 is 5.88. The standard InChI is InChI=1S/C11H11ClN6O2/c1-13-20-11-15-7-8(14-5-6-3-2-4-19-6)16-10(12)17-9(7)18-11/h2-4,13H,5H2,1H3,(H2,14,15,16,17,18). The Labute approximate surface area is 118 Å². The Balaban J connectivity index is 1.91. The van der Waals surface area contributed by atoms with Crippen molar-refractivity contribution < 1.29 is 9.25 Å². The highest BCUT2D eigenvalue weighted by Crippen LogP contribution is 2.22. The van der Waals surface area contributed by atoms with Gasteiger partial charge >= 0.3 is 6.01 Å². The molecule has 0 aliphatic rings. The largest absolute Gasteiger partial charge is 0.467 e. The predicted octanol–water partition coefficient (Wildman–Crippen LogP) is 1.72. The number of hydrogen-bond acceptors (Lipinski definition) is 7. The van der Waals surface area contributed by atoms with Crippen LogP contribution in [0.2, 0.25) is 5.28 Å². The number of aromatic nitrogens is 4. The SMILES string of the molecule is CNOc1nc2c(NCc3ccco3)nc(Cl)nc2[nH]1. The maximum atomic E-state index is 5.88. The van der Waals surface area contributed by atoms with Crippen LogP contribution < -0.4 is 15.6 Å². The van der Waals surface area contributed by atoms with Crippen LogP contribution in [0.5, 0.6) is 6.01 Å². The topological polar surface area (TPSA) is 101 Å². The molecule has 3 aromatic rings. The minimum Gasteiger partial charge on any atom is -0.467 e. The molecule has 0 saturated heterocycles. The number of hydroxylamine groups is 1. The van der Waals surface area contributed by atoms with E-state index in [4.69, 9.17) is 20.9 Å². The Bertz CT molecular complexity index is 711. The van der Waals surface area contributed by atoms with Crippen LogP contribution in [0, 0.1) is 0 Å². The van der Waals surface area contributed by atoms with Crippen molar-refractivity contribution in [2.45, 2.75) is 6.54 Å². The molecular formula is C11H11ClN6O2. The van der Waals surface area contributed by atoms with Crippen molar-refractivity contribution in [1.82, 2.24) is 25.4 Å². The van der Waals surface area contributed by atoms with Gasteiger partial charge < -0.3 is 14.6 Å². The van der Waals surface area contributed by atoms with E-state index in [1.807, 2.05) is 12.1 Å². The summed E-state index contributed by atoms with van der Waals surface area (Å²) in [5.74, 6) is 1.27. The summed E-state index contributed by atoms with van der Waals surface area (Å²) in [5, 5.41) is 3.21. The molecule has 104 valence electrons. The first-order valence-corrected chi connectivity index (χ1v) is 6.17. The molecule has 0 fully saturated rings. The maximum absolute atomic E-state index is 5.88. The van der Waals surface area contributed by atoms with E-state index >= 15 is 0 Å². The molecule has 20 heavy (non-hydrogen) atoms. The van der Waals surface area contributed by atoms with Gasteiger partial charge in [0.25, 0.3) is 0 Å². The highest BCUT2D eigenvalue weighted by molar-refractivity contribution is 6.28. The van der Waals surface area contributed by atoms with Crippen LogP contribution in [-0.4, -0.2) is 27.0 Å². The fourth-order valence-electron chi connectivity index (χ4n) is 1.70. The molecule has 0 spiro atoms. The first-order valence-electron chi connectivity index (χ1n) is 5.79. The van der Waals surface area contributed by atoms with E-state index in [2.05, 4.69) is 30.7 Å². The molecule has 0 bridgehead atoms. The third kappa shape index (κ3) is 2.51. The van der Waals surface area contributed by atoms with Crippen LogP contribution in [-0.2, 0) is 6.54 Å². The van der Waals surface area contributed by atoms with Gasteiger partial charge in [-0.1, -0.05) is 0 Å². The van der Waals surface area contributed by atoms with E-state index in [-0.39, 0.29) is 11.3 Å². The van der Waals surface area contributed by atoms with E-state index < -0.39 is 0 Å². The summed E-state index contributed by atoms with van der Waals surface area (Å²) in [7, 11) is 1.63. The fourth-order valence-corrected chi connectivity index (χ4v) is 1.87. The van der Waals surface area contributed by atoms with Crippen LogP contribution in [0.3, 0.4) is 0 Å². The molecule has 3 aromatic heterocycles. The predicted molar refractivity (Wildman–Crippen MR) is 72.4 cm³/mol. The Morgan fingerprint density at radius 1 is 1.40 bits per heavy atom. The van der Waals surface area contributed by atoms with Crippen molar-refractivity contribution in [2.24, 2.45) is 0 Å². The Morgan fingerprint density at radius 3 is 3.05 bits per heavy atom. The van der Waals surface area contributed by atoms with Crippen molar-refractivity contribution in [3.8, 4) is 6.01 Å². The second kappa shape index (κ2) is 5.35. The molecule has 0 atom stereocenters. The molecule has 0 radical (unpaired) electrons. The summed E-state index contributed by atoms with van der Waals surface area (Å²) in [6, 6.07) is 3.94. The molecule has 0 aromatic carbocycles. The first-order chi connectivity index (χ1) is 9.76. The third-order valence-corrected chi connectivity index (χ3v) is 2.67. The molecule has 0 saturated carbocycles. The highest BCUT2D eigenvalue weighted by Gasteiger charge is 2.13. The summed E-state index contributed by atoms with van der Waals surface area (Å²) in [5.41, 5.74) is 3.54. The number of furan rings is 1. The first kappa shape index (κ1) is 12.7. The minimum absolute atomic E-state index is 0.110. The number of nitrogens with one attached hydrogen (secondary N) is 3. The van der Waals surface area contributed by atoms with E-state index in [0.717, 1.165) is 5.76 Å². The average molecular weight is 295 g/mol. The second-order valence-corrected chi connectivity index (χ2v) is 4.16. The summed E-state index contributed by atoms with van der Waals surface area (Å²) in [6.07, 6.45) is 1.60. The van der Waals surface area contributed by atoms with Crippen LogP contribution in [0.25, 0.3) is 11.2 Å². The van der Waals surface area contributed by atoms with Crippen molar-refractivity contribution in [3.63, 3.8) is 0 Å². The third-order valence-electron chi connectivity index (χ3n) is 2.50. The summed E-state index contributed by atoms with van der Waals surface area (Å²) in [4.78, 5) is 20.3. The molecule has 0 aliphatic heterocycles. The number of aromatic amines is 1. The molecule has 0 aliphatic carbocycles. The van der Waals surface area contributed by atoms with Crippen LogP contribution >= 0.6 is 11.6 Å². The molecule has 9 heteroatoms. The Hall–Kier alpha value is -2.32. The second-order valence-electron chi connectivity index (χ2n) is 3.82. The normalized spacial score (nSPS) is 10.9. The molecule has 3 N–H and O–H groups in total. The van der Waals surface area contributed by atoms with Gasteiger partial charge in [0.1, 0.15) is 5.76 Å². The van der Waals surface area contributed by atoms with Crippen molar-refractivity contribution in [2.75, 3.05) is 12.4 Å². The maximum Gasteiger partial charge on any atom is 0.315 e. The molecule has 0 unspecified atom stereocenters. The highest BCUT2D eigenvalue weighted by atomic mass is 35.5. The van der Waals surface area contributed by atoms with Gasteiger partial charge in [-0.15, -0.1) is 0 Å². The number of anilines is 1. The molecule has 0 amide bonds. The zero-order valence-electron chi connectivity index (χ0n) is 10.5. The van der Waals surface area contributed by atoms with E-state index in [1.165, 1.54) is 0 Å². The Kier molecular flexibility index (Phi) is 3.40. The van der Waals surface area contributed by atoms with Crippen LogP contribution in [0.1, 0.15) is 5.76 Å². The number of nitrogens with zero attached hydrogens (tertiary/aromatic N) is 3. The van der Waals surface area contributed by atoms with Gasteiger partial charge in [0.2, 0.25) is 5.28 Å². The molecule has 3 rings (SSSR count). The average Bonchev–Trinajstić information content (AvgIpc) is 3.05. The number of hydrogen-bond donors (Lipinski definition) is 3. The van der Waals surface area contributed by atoms with Gasteiger partial charge in [0, 0.05) is 7.05 Å². The number of halogens is 1. The van der Waals surface area contributed by atoms with Gasteiger partial charge in [0.05, 0.1) is 12.8 Å². The van der Waals surface area contributed by atoms with E-state index in [1.54, 1.807) is 13.3 Å². The fraction of sp³-hybridized carbons (Fsp3) is 0.182. The lowest BCUT2D eigenvalue weighted by Gasteiger charge is -2.03. The summed E-state index contributed by atoms with van der Waals surface area (Å²) in [6.45, 7) is 0.463. The van der Waals surface area contributed by atoms with Gasteiger partial charge in [-0.25, -0.2) is 0 Å². The van der Waals surface area contributed by atoms with E-state index in [0.29, 0.717) is 23.5 Å². The quantitative estimate of drug-likeness (QED) is 0.486. The van der Waals surface area contributed by atoms with Gasteiger partial charge in [-0.3, -0.25) is 4.98 Å². The van der Waals surface area contributed by atoms with Crippen molar-refractivity contribution in [1.29, 1.82) is 0 Å². The minimum atomic E-state index is 0.110. The monoisotopic (exact) mass is 294 g/mol. The Morgan fingerprint density at radius 2 is 2.30 bits per heavy atom. The van der Waals surface area contributed by atoms with Gasteiger partial charge in [-0.05, 0) is 23.7 Å². The lowest BCUT2D eigenvalue weighted by atomic mass is 10.4.